The topological polar surface area (TPSA) is 28.4 Å². The summed E-state index contributed by atoms with van der Waals surface area (Å²) in [5.41, 5.74) is 0.470. The van der Waals surface area contributed by atoms with E-state index < -0.39 is 0 Å². The first-order chi connectivity index (χ1) is 10.1. The van der Waals surface area contributed by atoms with Gasteiger partial charge in [0.15, 0.2) is 0 Å². The molecule has 0 spiro atoms. The summed E-state index contributed by atoms with van der Waals surface area (Å²) >= 11 is 0. The number of nitrogens with zero attached hydrogens (tertiary/aromatic N) is 1. The van der Waals surface area contributed by atoms with Crippen molar-refractivity contribution in [1.29, 1.82) is 0 Å². The standard InChI is InChI=1S/C18H32N2O/c1-4-20(13-17-8-7-11-21-17)15-18(9-5-6-10-18)14-19-12-16(2)3/h7-8,11,16,19H,4-6,9-10,12-15H2,1-3H3. The van der Waals surface area contributed by atoms with Gasteiger partial charge in [-0.1, -0.05) is 33.6 Å². The Morgan fingerprint density at radius 2 is 2.10 bits per heavy atom. The van der Waals surface area contributed by atoms with E-state index in [1.54, 1.807) is 6.26 Å². The summed E-state index contributed by atoms with van der Waals surface area (Å²) in [5.74, 6) is 1.81. The van der Waals surface area contributed by atoms with E-state index >= 15 is 0 Å². The molecule has 1 aromatic rings. The Bertz CT molecular complexity index is 380. The summed E-state index contributed by atoms with van der Waals surface area (Å²) in [6.45, 7) is 12.3. The first-order valence-corrected chi connectivity index (χ1v) is 8.59. The number of nitrogens with one attached hydrogen (secondary N) is 1. The largest absolute Gasteiger partial charge is 0.468 e. The van der Waals surface area contributed by atoms with Crippen LogP contribution in [0.25, 0.3) is 0 Å². The van der Waals surface area contributed by atoms with Crippen molar-refractivity contribution in [3.05, 3.63) is 24.2 Å². The summed E-state index contributed by atoms with van der Waals surface area (Å²) in [6.07, 6.45) is 7.29. The maximum Gasteiger partial charge on any atom is 0.117 e. The predicted octanol–water partition coefficient (Wildman–Crippen LogP) is 3.91. The molecular formula is C18H32N2O. The average molecular weight is 292 g/mol. The molecule has 1 fully saturated rings. The highest BCUT2D eigenvalue weighted by Crippen LogP contribution is 2.38. The zero-order chi connectivity index (χ0) is 15.1. The molecule has 1 aliphatic rings. The van der Waals surface area contributed by atoms with Crippen molar-refractivity contribution in [3.8, 4) is 0 Å². The Kier molecular flexibility index (Phi) is 6.31. The molecule has 120 valence electrons. The summed E-state index contributed by atoms with van der Waals surface area (Å²) < 4.78 is 5.52. The lowest BCUT2D eigenvalue weighted by Gasteiger charge is -2.35. The average Bonchev–Trinajstić information content (AvgIpc) is 3.10. The fourth-order valence-corrected chi connectivity index (χ4v) is 3.52. The van der Waals surface area contributed by atoms with Gasteiger partial charge in [-0.2, -0.15) is 0 Å². The Morgan fingerprint density at radius 3 is 2.67 bits per heavy atom. The van der Waals surface area contributed by atoms with Gasteiger partial charge in [0.1, 0.15) is 5.76 Å². The minimum Gasteiger partial charge on any atom is -0.468 e. The van der Waals surface area contributed by atoms with E-state index in [4.69, 9.17) is 4.42 Å². The minimum atomic E-state index is 0.470. The van der Waals surface area contributed by atoms with Gasteiger partial charge in [-0.15, -0.1) is 0 Å². The molecule has 0 atom stereocenters. The van der Waals surface area contributed by atoms with Crippen LogP contribution in [0.5, 0.6) is 0 Å². The van der Waals surface area contributed by atoms with Gasteiger partial charge in [0.05, 0.1) is 12.8 Å². The molecule has 1 heterocycles. The third-order valence-electron chi connectivity index (χ3n) is 4.68. The van der Waals surface area contributed by atoms with E-state index in [0.29, 0.717) is 5.41 Å². The molecular weight excluding hydrogens is 260 g/mol. The van der Waals surface area contributed by atoms with Crippen molar-refractivity contribution in [2.45, 2.75) is 53.0 Å². The lowest BCUT2D eigenvalue weighted by atomic mass is 9.85. The highest BCUT2D eigenvalue weighted by atomic mass is 16.3. The van der Waals surface area contributed by atoms with E-state index in [9.17, 15) is 0 Å². The number of hydrogen-bond acceptors (Lipinski definition) is 3. The maximum absolute atomic E-state index is 5.52. The monoisotopic (exact) mass is 292 g/mol. The normalized spacial score (nSPS) is 18.0. The maximum atomic E-state index is 5.52. The van der Waals surface area contributed by atoms with Crippen LogP contribution in [-0.4, -0.2) is 31.1 Å². The highest BCUT2D eigenvalue weighted by molar-refractivity contribution is 4.99. The Balaban J connectivity index is 1.90. The van der Waals surface area contributed by atoms with Gasteiger partial charge in [-0.3, -0.25) is 4.90 Å². The van der Waals surface area contributed by atoms with E-state index in [1.807, 2.05) is 6.07 Å². The van der Waals surface area contributed by atoms with Crippen molar-refractivity contribution in [2.24, 2.45) is 11.3 Å². The zero-order valence-electron chi connectivity index (χ0n) is 14.0. The lowest BCUT2D eigenvalue weighted by molar-refractivity contribution is 0.140. The summed E-state index contributed by atoms with van der Waals surface area (Å²) in [7, 11) is 0. The Morgan fingerprint density at radius 1 is 1.33 bits per heavy atom. The predicted molar refractivity (Wildman–Crippen MR) is 88.3 cm³/mol. The molecule has 1 saturated carbocycles. The fraction of sp³-hybridized carbons (Fsp3) is 0.778. The van der Waals surface area contributed by atoms with Crippen molar-refractivity contribution < 1.29 is 4.42 Å². The number of hydrogen-bond donors (Lipinski definition) is 1. The summed E-state index contributed by atoms with van der Waals surface area (Å²) in [4.78, 5) is 2.54. The third kappa shape index (κ3) is 5.15. The second kappa shape index (κ2) is 8.00. The van der Waals surface area contributed by atoms with Crippen molar-refractivity contribution >= 4 is 0 Å². The zero-order valence-corrected chi connectivity index (χ0v) is 14.0. The molecule has 3 nitrogen and oxygen atoms in total. The van der Waals surface area contributed by atoms with Crippen LogP contribution >= 0.6 is 0 Å². The molecule has 2 rings (SSSR count). The number of rotatable bonds is 9. The van der Waals surface area contributed by atoms with Gasteiger partial charge in [0.25, 0.3) is 0 Å². The van der Waals surface area contributed by atoms with E-state index in [0.717, 1.165) is 31.3 Å². The van der Waals surface area contributed by atoms with E-state index in [1.165, 1.54) is 38.8 Å². The van der Waals surface area contributed by atoms with Gasteiger partial charge < -0.3 is 9.73 Å². The van der Waals surface area contributed by atoms with Crippen LogP contribution in [0, 0.1) is 11.3 Å². The lowest BCUT2D eigenvalue weighted by Crippen LogP contribution is -2.43. The molecule has 3 heteroatoms. The number of furan rings is 1. The van der Waals surface area contributed by atoms with Crippen molar-refractivity contribution in [1.82, 2.24) is 10.2 Å². The molecule has 0 saturated heterocycles. The highest BCUT2D eigenvalue weighted by Gasteiger charge is 2.35. The van der Waals surface area contributed by atoms with Crippen molar-refractivity contribution in [2.75, 3.05) is 26.2 Å². The summed E-state index contributed by atoms with van der Waals surface area (Å²) in [5, 5.41) is 3.71. The Labute approximate surface area is 130 Å². The van der Waals surface area contributed by atoms with Gasteiger partial charge in [-0.25, -0.2) is 0 Å². The molecule has 0 aromatic carbocycles. The Hall–Kier alpha value is -0.800. The molecule has 1 N–H and O–H groups in total. The quantitative estimate of drug-likeness (QED) is 0.748. The summed E-state index contributed by atoms with van der Waals surface area (Å²) in [6, 6.07) is 4.07. The van der Waals surface area contributed by atoms with Crippen LogP contribution in [0.1, 0.15) is 52.2 Å². The van der Waals surface area contributed by atoms with Crippen LogP contribution in [0.15, 0.2) is 22.8 Å². The second-order valence-corrected chi connectivity index (χ2v) is 7.11. The van der Waals surface area contributed by atoms with Crippen LogP contribution < -0.4 is 5.32 Å². The van der Waals surface area contributed by atoms with Crippen LogP contribution in [0.4, 0.5) is 0 Å². The SMILES string of the molecule is CCN(Cc1ccco1)CC1(CNCC(C)C)CCCC1. The van der Waals surface area contributed by atoms with Gasteiger partial charge in [-0.05, 0) is 49.4 Å². The first kappa shape index (κ1) is 16.6. The molecule has 0 unspecified atom stereocenters. The van der Waals surface area contributed by atoms with Crippen LogP contribution in [-0.2, 0) is 6.54 Å². The first-order valence-electron chi connectivity index (χ1n) is 8.59. The molecule has 1 aromatic heterocycles. The smallest absolute Gasteiger partial charge is 0.117 e. The van der Waals surface area contributed by atoms with E-state index in [2.05, 4.69) is 37.1 Å². The van der Waals surface area contributed by atoms with Crippen LogP contribution in [0.3, 0.4) is 0 Å². The van der Waals surface area contributed by atoms with Gasteiger partial charge in [0, 0.05) is 13.1 Å². The molecule has 0 aliphatic heterocycles. The molecule has 1 aliphatic carbocycles. The van der Waals surface area contributed by atoms with Crippen LogP contribution in [0.2, 0.25) is 0 Å². The van der Waals surface area contributed by atoms with Gasteiger partial charge in [0.2, 0.25) is 0 Å². The minimum absolute atomic E-state index is 0.470. The third-order valence-corrected chi connectivity index (χ3v) is 4.68. The van der Waals surface area contributed by atoms with Gasteiger partial charge >= 0.3 is 0 Å². The van der Waals surface area contributed by atoms with Crippen molar-refractivity contribution in [3.63, 3.8) is 0 Å². The molecule has 21 heavy (non-hydrogen) atoms. The fourth-order valence-electron chi connectivity index (χ4n) is 3.52. The second-order valence-electron chi connectivity index (χ2n) is 7.11. The molecule has 0 radical (unpaired) electrons. The molecule has 0 amide bonds. The van der Waals surface area contributed by atoms with E-state index in [-0.39, 0.29) is 0 Å². The molecule has 0 bridgehead atoms.